The second-order valence-electron chi connectivity index (χ2n) is 5.77. The van der Waals surface area contributed by atoms with Crippen molar-refractivity contribution < 1.29 is 9.18 Å². The van der Waals surface area contributed by atoms with Crippen LogP contribution in [0.1, 0.15) is 32.8 Å². The lowest BCUT2D eigenvalue weighted by Crippen LogP contribution is -2.44. The second-order valence-corrected chi connectivity index (χ2v) is 6.56. The fourth-order valence-corrected chi connectivity index (χ4v) is 2.32. The summed E-state index contributed by atoms with van der Waals surface area (Å²) in [6.07, 6.45) is 1.17. The average molecular weight is 330 g/mol. The summed E-state index contributed by atoms with van der Waals surface area (Å²) in [6, 6.07) is 6.17. The summed E-state index contributed by atoms with van der Waals surface area (Å²) >= 11 is 3.41. The molecule has 1 rings (SSSR count). The molecule has 0 fully saturated rings. The molecule has 0 radical (unpaired) electrons. The van der Waals surface area contributed by atoms with Gasteiger partial charge in [0.2, 0.25) is 5.91 Å². The van der Waals surface area contributed by atoms with Crippen LogP contribution >= 0.6 is 15.9 Å². The Bertz CT molecular complexity index is 411. The highest BCUT2D eigenvalue weighted by Gasteiger charge is 2.25. The Kier molecular flexibility index (Phi) is 5.98. The summed E-state index contributed by atoms with van der Waals surface area (Å²) in [6.45, 7) is 6.33. The Hall–Kier alpha value is -0.900. The van der Waals surface area contributed by atoms with E-state index in [1.165, 1.54) is 12.1 Å². The van der Waals surface area contributed by atoms with Crippen LogP contribution in [0.4, 0.5) is 4.39 Å². The van der Waals surface area contributed by atoms with Crippen LogP contribution in [-0.2, 0) is 11.2 Å². The standard InChI is InChI=1S/C15H21BrFNO/c1-15(2,3)13(8-9-16)18-14(19)10-11-4-6-12(17)7-5-11/h4-7,13H,8-10H2,1-3H3,(H,18,19). The summed E-state index contributed by atoms with van der Waals surface area (Å²) in [5.74, 6) is -0.302. The first-order valence-electron chi connectivity index (χ1n) is 6.42. The molecule has 0 aliphatic rings. The molecule has 2 nitrogen and oxygen atoms in total. The smallest absolute Gasteiger partial charge is 0.224 e. The summed E-state index contributed by atoms with van der Waals surface area (Å²) in [5.41, 5.74) is 0.845. The monoisotopic (exact) mass is 329 g/mol. The zero-order valence-corrected chi connectivity index (χ0v) is 13.3. The number of benzene rings is 1. The third-order valence-electron chi connectivity index (χ3n) is 3.06. The topological polar surface area (TPSA) is 29.1 Å². The first-order chi connectivity index (χ1) is 8.82. The number of carbonyl (C=O) groups is 1. The molecule has 1 N–H and O–H groups in total. The molecule has 0 spiro atoms. The van der Waals surface area contributed by atoms with Crippen molar-refractivity contribution in [2.45, 2.75) is 39.7 Å². The second kappa shape index (κ2) is 7.04. The van der Waals surface area contributed by atoms with E-state index in [1.54, 1.807) is 12.1 Å². The van der Waals surface area contributed by atoms with Gasteiger partial charge in [-0.1, -0.05) is 48.8 Å². The van der Waals surface area contributed by atoms with Gasteiger partial charge in [-0.05, 0) is 29.5 Å². The van der Waals surface area contributed by atoms with E-state index in [2.05, 4.69) is 42.0 Å². The predicted molar refractivity (Wildman–Crippen MR) is 79.9 cm³/mol. The molecule has 0 aliphatic heterocycles. The van der Waals surface area contributed by atoms with Crippen LogP contribution in [0.25, 0.3) is 0 Å². The number of alkyl halides is 1. The van der Waals surface area contributed by atoms with E-state index in [0.717, 1.165) is 17.3 Å². The Morgan fingerprint density at radius 2 is 1.89 bits per heavy atom. The molecule has 1 amide bonds. The maximum absolute atomic E-state index is 12.8. The molecule has 0 saturated carbocycles. The number of amides is 1. The molecule has 0 heterocycles. The molecule has 1 atom stereocenters. The Morgan fingerprint density at radius 3 is 2.37 bits per heavy atom. The van der Waals surface area contributed by atoms with Crippen molar-refractivity contribution >= 4 is 21.8 Å². The van der Waals surface area contributed by atoms with Crippen LogP contribution in [0.5, 0.6) is 0 Å². The van der Waals surface area contributed by atoms with Crippen LogP contribution in [0, 0.1) is 11.2 Å². The number of carbonyl (C=O) groups excluding carboxylic acids is 1. The van der Waals surface area contributed by atoms with E-state index in [9.17, 15) is 9.18 Å². The average Bonchev–Trinajstić information content (AvgIpc) is 2.30. The molecule has 19 heavy (non-hydrogen) atoms. The van der Waals surface area contributed by atoms with Gasteiger partial charge < -0.3 is 5.32 Å². The fourth-order valence-electron chi connectivity index (χ4n) is 1.86. The molecule has 106 valence electrons. The molecular formula is C15H21BrFNO. The fraction of sp³-hybridized carbons (Fsp3) is 0.533. The lowest BCUT2D eigenvalue weighted by Gasteiger charge is -2.31. The van der Waals surface area contributed by atoms with E-state index in [4.69, 9.17) is 0 Å². The maximum atomic E-state index is 12.8. The molecule has 0 aliphatic carbocycles. The van der Waals surface area contributed by atoms with Crippen molar-refractivity contribution in [2.24, 2.45) is 5.41 Å². The minimum absolute atomic E-state index is 0.0201. The summed E-state index contributed by atoms with van der Waals surface area (Å²) in [5, 5.41) is 3.91. The molecule has 0 bridgehead atoms. The predicted octanol–water partition coefficient (Wildman–Crippen LogP) is 3.68. The van der Waals surface area contributed by atoms with Crippen LogP contribution in [0.2, 0.25) is 0 Å². The lowest BCUT2D eigenvalue weighted by molar-refractivity contribution is -0.121. The van der Waals surface area contributed by atoms with Crippen molar-refractivity contribution in [3.63, 3.8) is 0 Å². The zero-order valence-electron chi connectivity index (χ0n) is 11.7. The van der Waals surface area contributed by atoms with Gasteiger partial charge in [0, 0.05) is 11.4 Å². The van der Waals surface area contributed by atoms with Crippen molar-refractivity contribution in [3.05, 3.63) is 35.6 Å². The van der Waals surface area contributed by atoms with Crippen LogP contribution in [-0.4, -0.2) is 17.3 Å². The third-order valence-corrected chi connectivity index (χ3v) is 3.51. The first-order valence-corrected chi connectivity index (χ1v) is 7.55. The minimum atomic E-state index is -0.281. The molecule has 0 aromatic heterocycles. The number of rotatable bonds is 5. The van der Waals surface area contributed by atoms with Crippen LogP contribution in [0.3, 0.4) is 0 Å². The van der Waals surface area contributed by atoms with Crippen molar-refractivity contribution in [2.75, 3.05) is 5.33 Å². The van der Waals surface area contributed by atoms with Crippen molar-refractivity contribution in [1.29, 1.82) is 0 Å². The van der Waals surface area contributed by atoms with E-state index < -0.39 is 0 Å². The Balaban J connectivity index is 2.60. The Labute approximate surface area is 122 Å². The minimum Gasteiger partial charge on any atom is -0.353 e. The molecule has 0 saturated heterocycles. The van der Waals surface area contributed by atoms with Gasteiger partial charge in [-0.15, -0.1) is 0 Å². The van der Waals surface area contributed by atoms with E-state index in [1.807, 2.05) is 0 Å². The number of nitrogens with one attached hydrogen (secondary N) is 1. The normalized spacial score (nSPS) is 13.1. The molecular weight excluding hydrogens is 309 g/mol. The number of hydrogen-bond donors (Lipinski definition) is 1. The van der Waals surface area contributed by atoms with E-state index in [-0.39, 0.29) is 29.6 Å². The quantitative estimate of drug-likeness (QED) is 0.820. The largest absolute Gasteiger partial charge is 0.353 e. The highest BCUT2D eigenvalue weighted by Crippen LogP contribution is 2.22. The van der Waals surface area contributed by atoms with Gasteiger partial charge >= 0.3 is 0 Å². The van der Waals surface area contributed by atoms with Gasteiger partial charge in [0.05, 0.1) is 6.42 Å². The Morgan fingerprint density at radius 1 is 1.32 bits per heavy atom. The zero-order chi connectivity index (χ0) is 14.5. The van der Waals surface area contributed by atoms with E-state index in [0.29, 0.717) is 0 Å². The van der Waals surface area contributed by atoms with Gasteiger partial charge in [0.15, 0.2) is 0 Å². The van der Waals surface area contributed by atoms with Gasteiger partial charge in [0.25, 0.3) is 0 Å². The highest BCUT2D eigenvalue weighted by molar-refractivity contribution is 9.09. The van der Waals surface area contributed by atoms with Gasteiger partial charge in [0.1, 0.15) is 5.82 Å². The molecule has 1 aromatic carbocycles. The molecule has 4 heteroatoms. The van der Waals surface area contributed by atoms with Gasteiger partial charge in [-0.25, -0.2) is 4.39 Å². The van der Waals surface area contributed by atoms with Crippen molar-refractivity contribution in [3.8, 4) is 0 Å². The number of hydrogen-bond acceptors (Lipinski definition) is 1. The molecule has 1 aromatic rings. The van der Waals surface area contributed by atoms with Gasteiger partial charge in [-0.3, -0.25) is 4.79 Å². The van der Waals surface area contributed by atoms with Crippen LogP contribution in [0.15, 0.2) is 24.3 Å². The maximum Gasteiger partial charge on any atom is 0.224 e. The third kappa shape index (κ3) is 5.72. The lowest BCUT2D eigenvalue weighted by atomic mass is 9.85. The highest BCUT2D eigenvalue weighted by atomic mass is 79.9. The van der Waals surface area contributed by atoms with Crippen molar-refractivity contribution in [1.82, 2.24) is 5.32 Å². The SMILES string of the molecule is CC(C)(C)C(CCBr)NC(=O)Cc1ccc(F)cc1. The summed E-state index contributed by atoms with van der Waals surface area (Å²) in [7, 11) is 0. The number of halogens is 2. The summed E-state index contributed by atoms with van der Waals surface area (Å²) < 4.78 is 12.8. The first kappa shape index (κ1) is 16.2. The van der Waals surface area contributed by atoms with Crippen LogP contribution < -0.4 is 5.32 Å². The molecule has 1 unspecified atom stereocenters. The van der Waals surface area contributed by atoms with Gasteiger partial charge in [-0.2, -0.15) is 0 Å². The van der Waals surface area contributed by atoms with E-state index >= 15 is 0 Å². The summed E-state index contributed by atoms with van der Waals surface area (Å²) in [4.78, 5) is 12.0.